The predicted molar refractivity (Wildman–Crippen MR) is 94.5 cm³/mol. The third-order valence-corrected chi connectivity index (χ3v) is 4.38. The second-order valence-electron chi connectivity index (χ2n) is 6.07. The number of nitrogens with zero attached hydrogens (tertiary/aromatic N) is 2. The van der Waals surface area contributed by atoms with Crippen molar-refractivity contribution in [2.24, 2.45) is 21.6 Å². The van der Waals surface area contributed by atoms with E-state index in [2.05, 4.69) is 16.6 Å². The van der Waals surface area contributed by atoms with Gasteiger partial charge in [0.05, 0.1) is 11.7 Å². The minimum Gasteiger partial charge on any atom is -0.478 e. The van der Waals surface area contributed by atoms with Gasteiger partial charge in [-0.2, -0.15) is 0 Å². The zero-order valence-corrected chi connectivity index (χ0v) is 14.1. The zero-order valence-electron chi connectivity index (χ0n) is 14.1. The molecule has 0 amide bonds. The van der Waals surface area contributed by atoms with Gasteiger partial charge in [-0.25, -0.2) is 14.2 Å². The van der Waals surface area contributed by atoms with Crippen molar-refractivity contribution in [2.45, 2.75) is 31.8 Å². The SMILES string of the molecule is C=C(N=C(C(N)=NC)c1ccc(C(=O)O)c(F)c1)C1CCC(O)CC1. The van der Waals surface area contributed by atoms with Crippen molar-refractivity contribution >= 4 is 17.5 Å². The molecule has 1 saturated carbocycles. The summed E-state index contributed by atoms with van der Waals surface area (Å²) in [5.74, 6) is -1.98. The van der Waals surface area contributed by atoms with Crippen LogP contribution in [0.15, 0.2) is 40.5 Å². The molecule has 25 heavy (non-hydrogen) atoms. The minimum atomic E-state index is -1.34. The maximum absolute atomic E-state index is 14.0. The summed E-state index contributed by atoms with van der Waals surface area (Å²) in [7, 11) is 1.49. The van der Waals surface area contributed by atoms with Crippen LogP contribution in [0.3, 0.4) is 0 Å². The Labute approximate surface area is 145 Å². The van der Waals surface area contributed by atoms with E-state index in [0.29, 0.717) is 24.1 Å². The van der Waals surface area contributed by atoms with Crippen molar-refractivity contribution < 1.29 is 19.4 Å². The lowest BCUT2D eigenvalue weighted by molar-refractivity contribution is 0.0692. The molecule has 0 atom stereocenters. The number of nitrogens with two attached hydrogens (primary N) is 1. The smallest absolute Gasteiger partial charge is 0.338 e. The van der Waals surface area contributed by atoms with Gasteiger partial charge in [-0.05, 0) is 37.8 Å². The lowest BCUT2D eigenvalue weighted by atomic mass is 9.86. The van der Waals surface area contributed by atoms with Crippen LogP contribution in [-0.2, 0) is 0 Å². The van der Waals surface area contributed by atoms with E-state index in [0.717, 1.165) is 18.9 Å². The molecule has 2 rings (SSSR count). The van der Waals surface area contributed by atoms with Gasteiger partial charge in [0.15, 0.2) is 0 Å². The molecule has 1 fully saturated rings. The Balaban J connectivity index is 2.35. The van der Waals surface area contributed by atoms with Gasteiger partial charge in [0.1, 0.15) is 17.4 Å². The number of rotatable bonds is 5. The standard InChI is InChI=1S/C18H22FN3O3/c1-10(11-3-6-13(23)7-4-11)22-16(17(20)21-2)12-5-8-14(18(24)25)15(19)9-12/h5,8-9,11,13,23H,1,3-4,6-7H2,2H3,(H2,20,21)(H,24,25). The first kappa shape index (κ1) is 18.8. The van der Waals surface area contributed by atoms with Crippen molar-refractivity contribution in [2.75, 3.05) is 7.05 Å². The van der Waals surface area contributed by atoms with Crippen molar-refractivity contribution in [1.82, 2.24) is 0 Å². The summed E-state index contributed by atoms with van der Waals surface area (Å²) in [6.07, 6.45) is 2.63. The van der Waals surface area contributed by atoms with Crippen LogP contribution in [0.2, 0.25) is 0 Å². The molecule has 0 spiro atoms. The Bertz CT molecular complexity index is 735. The van der Waals surface area contributed by atoms with Crippen molar-refractivity contribution in [3.63, 3.8) is 0 Å². The molecule has 1 aliphatic carbocycles. The fourth-order valence-electron chi connectivity index (χ4n) is 2.86. The van der Waals surface area contributed by atoms with Crippen LogP contribution in [0.5, 0.6) is 0 Å². The molecule has 0 aliphatic heterocycles. The molecular formula is C18H22FN3O3. The Morgan fingerprint density at radius 3 is 2.48 bits per heavy atom. The van der Waals surface area contributed by atoms with E-state index in [1.165, 1.54) is 19.2 Å². The summed E-state index contributed by atoms with van der Waals surface area (Å²) in [5, 5.41) is 18.5. The molecule has 0 radical (unpaired) electrons. The number of hydrogen-bond acceptors (Lipinski definition) is 4. The lowest BCUT2D eigenvalue weighted by Crippen LogP contribution is -2.26. The monoisotopic (exact) mass is 347 g/mol. The molecular weight excluding hydrogens is 325 g/mol. The van der Waals surface area contributed by atoms with Crippen LogP contribution < -0.4 is 5.73 Å². The van der Waals surface area contributed by atoms with Crippen molar-refractivity contribution in [3.8, 4) is 0 Å². The number of amidine groups is 1. The van der Waals surface area contributed by atoms with Gasteiger partial charge in [0.2, 0.25) is 0 Å². The number of carboxylic acid groups (broad SMARTS) is 1. The number of aliphatic imine (C=N–C) groups is 2. The fourth-order valence-corrected chi connectivity index (χ4v) is 2.86. The number of allylic oxidation sites excluding steroid dienone is 1. The number of halogens is 1. The van der Waals surface area contributed by atoms with Gasteiger partial charge < -0.3 is 15.9 Å². The van der Waals surface area contributed by atoms with Crippen LogP contribution in [-0.4, -0.2) is 40.9 Å². The molecule has 7 heteroatoms. The Morgan fingerprint density at radius 1 is 1.32 bits per heavy atom. The number of aliphatic hydroxyl groups is 1. The summed E-state index contributed by atoms with van der Waals surface area (Å²) in [5.41, 5.74) is 6.66. The van der Waals surface area contributed by atoms with Crippen molar-refractivity contribution in [3.05, 3.63) is 47.4 Å². The van der Waals surface area contributed by atoms with Crippen LogP contribution in [0.25, 0.3) is 0 Å². The predicted octanol–water partition coefficient (Wildman–Crippen LogP) is 2.36. The number of aromatic carboxylic acids is 1. The maximum atomic E-state index is 14.0. The average Bonchev–Trinajstić information content (AvgIpc) is 2.59. The second-order valence-corrected chi connectivity index (χ2v) is 6.07. The van der Waals surface area contributed by atoms with Gasteiger partial charge >= 0.3 is 5.97 Å². The molecule has 1 aliphatic rings. The molecule has 134 valence electrons. The minimum absolute atomic E-state index is 0.111. The highest BCUT2D eigenvalue weighted by atomic mass is 19.1. The number of hydrogen-bond donors (Lipinski definition) is 3. The first-order valence-corrected chi connectivity index (χ1v) is 8.04. The van der Waals surface area contributed by atoms with Crippen LogP contribution >= 0.6 is 0 Å². The first-order chi connectivity index (χ1) is 11.8. The molecule has 1 aromatic carbocycles. The van der Waals surface area contributed by atoms with E-state index in [-0.39, 0.29) is 23.6 Å². The summed E-state index contributed by atoms with van der Waals surface area (Å²) >= 11 is 0. The summed E-state index contributed by atoms with van der Waals surface area (Å²) in [4.78, 5) is 19.3. The highest BCUT2D eigenvalue weighted by Crippen LogP contribution is 2.30. The fraction of sp³-hybridized carbons (Fsp3) is 0.389. The van der Waals surface area contributed by atoms with Gasteiger partial charge in [-0.15, -0.1) is 0 Å². The van der Waals surface area contributed by atoms with E-state index >= 15 is 0 Å². The molecule has 0 bridgehead atoms. The summed E-state index contributed by atoms with van der Waals surface area (Å²) in [6, 6.07) is 3.70. The van der Waals surface area contributed by atoms with Crippen LogP contribution in [0, 0.1) is 11.7 Å². The lowest BCUT2D eigenvalue weighted by Gasteiger charge is -2.25. The van der Waals surface area contributed by atoms with Gasteiger partial charge in [0, 0.05) is 24.2 Å². The number of aliphatic hydroxyl groups excluding tert-OH is 1. The largest absolute Gasteiger partial charge is 0.478 e. The first-order valence-electron chi connectivity index (χ1n) is 8.04. The van der Waals surface area contributed by atoms with Gasteiger partial charge in [0.25, 0.3) is 0 Å². The molecule has 0 heterocycles. The Kier molecular flexibility index (Phi) is 6.03. The molecule has 4 N–H and O–H groups in total. The number of benzene rings is 1. The maximum Gasteiger partial charge on any atom is 0.338 e. The molecule has 0 saturated heterocycles. The highest BCUT2D eigenvalue weighted by molar-refractivity contribution is 6.47. The van der Waals surface area contributed by atoms with Gasteiger partial charge in [-0.1, -0.05) is 12.6 Å². The molecule has 0 aromatic heterocycles. The quantitative estimate of drug-likeness (QED) is 0.561. The van der Waals surface area contributed by atoms with E-state index < -0.39 is 17.3 Å². The highest BCUT2D eigenvalue weighted by Gasteiger charge is 2.22. The third kappa shape index (κ3) is 4.51. The zero-order chi connectivity index (χ0) is 18.6. The van der Waals surface area contributed by atoms with Crippen LogP contribution in [0.4, 0.5) is 4.39 Å². The van der Waals surface area contributed by atoms with E-state index in [4.69, 9.17) is 10.8 Å². The Morgan fingerprint density at radius 2 is 1.96 bits per heavy atom. The molecule has 6 nitrogen and oxygen atoms in total. The second kappa shape index (κ2) is 8.02. The van der Waals surface area contributed by atoms with Gasteiger partial charge in [-0.3, -0.25) is 4.99 Å². The Hall–Kier alpha value is -2.54. The van der Waals surface area contributed by atoms with E-state index in [1.807, 2.05) is 0 Å². The number of carbonyl (C=O) groups is 1. The summed E-state index contributed by atoms with van der Waals surface area (Å²) < 4.78 is 14.0. The topological polar surface area (TPSA) is 108 Å². The number of carboxylic acids is 1. The third-order valence-electron chi connectivity index (χ3n) is 4.38. The molecule has 1 aromatic rings. The van der Waals surface area contributed by atoms with E-state index in [1.54, 1.807) is 0 Å². The molecule has 0 unspecified atom stereocenters. The van der Waals surface area contributed by atoms with Crippen molar-refractivity contribution in [1.29, 1.82) is 0 Å². The van der Waals surface area contributed by atoms with Crippen LogP contribution in [0.1, 0.15) is 41.6 Å². The normalized spacial score (nSPS) is 21.9. The summed E-state index contributed by atoms with van der Waals surface area (Å²) in [6.45, 7) is 3.99. The van der Waals surface area contributed by atoms with E-state index in [9.17, 15) is 14.3 Å². The average molecular weight is 347 g/mol.